The molecule has 0 saturated heterocycles. The van der Waals surface area contributed by atoms with E-state index in [1.54, 1.807) is 18.4 Å². The molecule has 2 nitrogen and oxygen atoms in total. The van der Waals surface area contributed by atoms with Gasteiger partial charge in [0, 0.05) is 10.1 Å². The zero-order valence-electron chi connectivity index (χ0n) is 8.53. The summed E-state index contributed by atoms with van der Waals surface area (Å²) >= 11 is 1.73. The molecule has 1 aromatic carbocycles. The molecule has 0 aliphatic rings. The minimum atomic E-state index is 0. The van der Waals surface area contributed by atoms with Crippen LogP contribution < -0.4 is 10.5 Å². The van der Waals surface area contributed by atoms with Crippen LogP contribution in [0.25, 0.3) is 10.1 Å². The van der Waals surface area contributed by atoms with Gasteiger partial charge in [-0.25, -0.2) is 0 Å². The molecule has 15 heavy (non-hydrogen) atoms. The van der Waals surface area contributed by atoms with Crippen molar-refractivity contribution < 1.29 is 4.74 Å². The number of halogens is 1. The van der Waals surface area contributed by atoms with Crippen molar-refractivity contribution in [1.29, 1.82) is 0 Å². The van der Waals surface area contributed by atoms with Gasteiger partial charge in [-0.3, -0.25) is 0 Å². The summed E-state index contributed by atoms with van der Waals surface area (Å²) in [5, 5.41) is 3.28. The number of hydrogen-bond acceptors (Lipinski definition) is 3. The molecule has 0 unspecified atom stereocenters. The van der Waals surface area contributed by atoms with Gasteiger partial charge in [0.25, 0.3) is 0 Å². The second-order valence-corrected chi connectivity index (χ2v) is 4.08. The van der Waals surface area contributed by atoms with E-state index in [2.05, 4.69) is 23.6 Å². The van der Waals surface area contributed by atoms with Crippen molar-refractivity contribution >= 4 is 33.8 Å². The predicted molar refractivity (Wildman–Crippen MR) is 68.4 cm³/mol. The first kappa shape index (κ1) is 12.3. The standard InChI is InChI=1S/C11H13NOS.ClH/c1-13-11-8(4-6-12)2-3-10-9(11)5-7-14-10;/h2-3,5,7H,4,6,12H2,1H3;1H. The summed E-state index contributed by atoms with van der Waals surface area (Å²) in [5.74, 6) is 0.981. The third-order valence-electron chi connectivity index (χ3n) is 2.29. The lowest BCUT2D eigenvalue weighted by molar-refractivity contribution is 0.415. The predicted octanol–water partition coefficient (Wildman–Crippen LogP) is 2.83. The lowest BCUT2D eigenvalue weighted by atomic mass is 10.1. The van der Waals surface area contributed by atoms with Gasteiger partial charge in [-0.1, -0.05) is 6.07 Å². The SMILES string of the molecule is COc1c(CCN)ccc2sccc12.Cl. The van der Waals surface area contributed by atoms with Crippen LogP contribution in [0.4, 0.5) is 0 Å². The molecule has 0 fully saturated rings. The molecule has 2 N–H and O–H groups in total. The monoisotopic (exact) mass is 243 g/mol. The van der Waals surface area contributed by atoms with E-state index in [0.717, 1.165) is 12.2 Å². The van der Waals surface area contributed by atoms with Crippen LogP contribution in [0.5, 0.6) is 5.75 Å². The van der Waals surface area contributed by atoms with Gasteiger partial charge in [0.05, 0.1) is 7.11 Å². The first-order valence-corrected chi connectivity index (χ1v) is 5.48. The Morgan fingerprint density at radius 3 is 2.80 bits per heavy atom. The molecular formula is C11H14ClNOS. The van der Waals surface area contributed by atoms with Crippen molar-refractivity contribution in [1.82, 2.24) is 0 Å². The number of nitrogens with two attached hydrogens (primary N) is 1. The van der Waals surface area contributed by atoms with E-state index in [-0.39, 0.29) is 12.4 Å². The second-order valence-electron chi connectivity index (χ2n) is 3.13. The van der Waals surface area contributed by atoms with Crippen molar-refractivity contribution in [3.63, 3.8) is 0 Å². The van der Waals surface area contributed by atoms with Crippen LogP contribution in [0, 0.1) is 0 Å². The van der Waals surface area contributed by atoms with Crippen LogP contribution in [0.1, 0.15) is 5.56 Å². The highest BCUT2D eigenvalue weighted by Gasteiger charge is 2.07. The highest BCUT2D eigenvalue weighted by molar-refractivity contribution is 7.17. The fourth-order valence-electron chi connectivity index (χ4n) is 1.66. The molecule has 0 aliphatic heterocycles. The minimum Gasteiger partial charge on any atom is -0.496 e. The number of fused-ring (bicyclic) bond motifs is 1. The molecule has 4 heteroatoms. The van der Waals surface area contributed by atoms with Gasteiger partial charge in [-0.2, -0.15) is 0 Å². The average Bonchev–Trinajstić information content (AvgIpc) is 2.66. The van der Waals surface area contributed by atoms with E-state index in [9.17, 15) is 0 Å². The zero-order valence-corrected chi connectivity index (χ0v) is 10.2. The maximum atomic E-state index is 5.55. The van der Waals surface area contributed by atoms with E-state index >= 15 is 0 Å². The first-order chi connectivity index (χ1) is 6.86. The summed E-state index contributed by atoms with van der Waals surface area (Å²) in [7, 11) is 1.71. The van der Waals surface area contributed by atoms with Crippen molar-refractivity contribution in [2.75, 3.05) is 13.7 Å². The molecule has 1 aromatic heterocycles. The largest absolute Gasteiger partial charge is 0.496 e. The van der Waals surface area contributed by atoms with Crippen molar-refractivity contribution in [3.8, 4) is 5.75 Å². The van der Waals surface area contributed by atoms with Gasteiger partial charge < -0.3 is 10.5 Å². The fraction of sp³-hybridized carbons (Fsp3) is 0.273. The van der Waals surface area contributed by atoms with Gasteiger partial charge in [-0.15, -0.1) is 23.7 Å². The number of rotatable bonds is 3. The number of hydrogen-bond donors (Lipinski definition) is 1. The highest BCUT2D eigenvalue weighted by Crippen LogP contribution is 2.33. The molecule has 0 aliphatic carbocycles. The van der Waals surface area contributed by atoms with Gasteiger partial charge in [0.2, 0.25) is 0 Å². The molecule has 2 rings (SSSR count). The third kappa shape index (κ3) is 2.25. The Morgan fingerprint density at radius 1 is 1.33 bits per heavy atom. The Morgan fingerprint density at radius 2 is 2.13 bits per heavy atom. The van der Waals surface area contributed by atoms with Gasteiger partial charge in [0.1, 0.15) is 5.75 Å². The highest BCUT2D eigenvalue weighted by atomic mass is 35.5. The molecular weight excluding hydrogens is 230 g/mol. The molecule has 0 saturated carbocycles. The summed E-state index contributed by atoms with van der Waals surface area (Å²) in [4.78, 5) is 0. The minimum absolute atomic E-state index is 0. The van der Waals surface area contributed by atoms with E-state index in [1.165, 1.54) is 15.6 Å². The molecule has 0 spiro atoms. The topological polar surface area (TPSA) is 35.2 Å². The Labute approximate surface area is 99.5 Å². The number of ether oxygens (including phenoxy) is 1. The Bertz CT molecular complexity index is 441. The molecule has 0 amide bonds. The Kier molecular flexibility index (Phi) is 4.39. The lowest BCUT2D eigenvalue weighted by Gasteiger charge is -2.08. The van der Waals surface area contributed by atoms with Gasteiger partial charge >= 0.3 is 0 Å². The average molecular weight is 244 g/mol. The zero-order chi connectivity index (χ0) is 9.97. The fourth-order valence-corrected chi connectivity index (χ4v) is 2.44. The quantitative estimate of drug-likeness (QED) is 0.900. The van der Waals surface area contributed by atoms with Crippen LogP contribution in [-0.2, 0) is 6.42 Å². The molecule has 0 radical (unpaired) electrons. The number of thiophene rings is 1. The van der Waals surface area contributed by atoms with E-state index in [1.807, 2.05) is 0 Å². The van der Waals surface area contributed by atoms with Crippen LogP contribution in [-0.4, -0.2) is 13.7 Å². The van der Waals surface area contributed by atoms with E-state index < -0.39 is 0 Å². The summed E-state index contributed by atoms with van der Waals surface area (Å²) < 4.78 is 6.69. The number of methoxy groups -OCH3 is 1. The van der Waals surface area contributed by atoms with Crippen LogP contribution in [0.2, 0.25) is 0 Å². The van der Waals surface area contributed by atoms with Crippen LogP contribution >= 0.6 is 23.7 Å². The van der Waals surface area contributed by atoms with E-state index in [4.69, 9.17) is 10.5 Å². The van der Waals surface area contributed by atoms with Crippen molar-refractivity contribution in [2.24, 2.45) is 5.73 Å². The summed E-state index contributed by atoms with van der Waals surface area (Å²) in [6.45, 7) is 0.659. The number of benzene rings is 1. The molecule has 0 bridgehead atoms. The molecule has 82 valence electrons. The third-order valence-corrected chi connectivity index (χ3v) is 3.17. The van der Waals surface area contributed by atoms with Crippen molar-refractivity contribution in [3.05, 3.63) is 29.1 Å². The van der Waals surface area contributed by atoms with Gasteiger partial charge in [0.15, 0.2) is 0 Å². The van der Waals surface area contributed by atoms with E-state index in [0.29, 0.717) is 6.54 Å². The van der Waals surface area contributed by atoms with Gasteiger partial charge in [-0.05, 0) is 36.0 Å². The summed E-state index contributed by atoms with van der Waals surface area (Å²) in [6, 6.07) is 6.33. The maximum absolute atomic E-state index is 5.55. The Hall–Kier alpha value is -0.770. The molecule has 2 aromatic rings. The normalized spacial score (nSPS) is 10.0. The maximum Gasteiger partial charge on any atom is 0.130 e. The Balaban J connectivity index is 0.00000112. The van der Waals surface area contributed by atoms with Crippen molar-refractivity contribution in [2.45, 2.75) is 6.42 Å². The molecule has 0 atom stereocenters. The second kappa shape index (κ2) is 5.35. The summed E-state index contributed by atoms with van der Waals surface area (Å²) in [6.07, 6.45) is 0.870. The van der Waals surface area contributed by atoms with Crippen LogP contribution in [0.3, 0.4) is 0 Å². The van der Waals surface area contributed by atoms with Crippen LogP contribution in [0.15, 0.2) is 23.6 Å². The first-order valence-electron chi connectivity index (χ1n) is 4.60. The molecule has 1 heterocycles. The summed E-state index contributed by atoms with van der Waals surface area (Å²) in [5.41, 5.74) is 6.75. The smallest absolute Gasteiger partial charge is 0.130 e. The lowest BCUT2D eigenvalue weighted by Crippen LogP contribution is -2.04.